The van der Waals surface area contributed by atoms with Gasteiger partial charge in [0.25, 0.3) is 0 Å². The first-order valence-corrected chi connectivity index (χ1v) is 9.51. The van der Waals surface area contributed by atoms with Crippen LogP contribution in [0.4, 0.5) is 0 Å². The monoisotopic (exact) mass is 437 g/mol. The highest BCUT2D eigenvalue weighted by atomic mass is 79.9. The molecular formula is C14H17Br2NO3S. The number of ether oxygens (including phenoxy) is 1. The molecule has 0 fully saturated rings. The van der Waals surface area contributed by atoms with Crippen LogP contribution in [0, 0.1) is 6.92 Å². The van der Waals surface area contributed by atoms with Crippen molar-refractivity contribution >= 4 is 41.9 Å². The van der Waals surface area contributed by atoms with Crippen molar-refractivity contribution in [3.8, 4) is 0 Å². The van der Waals surface area contributed by atoms with E-state index in [-0.39, 0.29) is 0 Å². The van der Waals surface area contributed by atoms with E-state index in [1.165, 1.54) is 4.31 Å². The van der Waals surface area contributed by atoms with Crippen molar-refractivity contribution in [2.45, 2.75) is 18.2 Å². The SMILES string of the molecule is COCC1=CCN(S(=O)(=O)c2cc(Br)c(C)cc2Br)CC1. The van der Waals surface area contributed by atoms with Crippen LogP contribution in [0.15, 0.2) is 37.6 Å². The van der Waals surface area contributed by atoms with Crippen molar-refractivity contribution in [2.24, 2.45) is 0 Å². The summed E-state index contributed by atoms with van der Waals surface area (Å²) in [7, 11) is -1.86. The molecule has 0 radical (unpaired) electrons. The summed E-state index contributed by atoms with van der Waals surface area (Å²) in [6.07, 6.45) is 2.64. The minimum Gasteiger partial charge on any atom is -0.380 e. The minimum absolute atomic E-state index is 0.295. The lowest BCUT2D eigenvalue weighted by molar-refractivity contribution is 0.219. The van der Waals surface area contributed by atoms with Crippen molar-refractivity contribution in [1.29, 1.82) is 0 Å². The summed E-state index contributed by atoms with van der Waals surface area (Å²) in [6, 6.07) is 3.47. The third-order valence-corrected chi connectivity index (χ3v) is 7.10. The summed E-state index contributed by atoms with van der Waals surface area (Å²) < 4.78 is 33.5. The molecule has 0 spiro atoms. The molecule has 116 valence electrons. The van der Waals surface area contributed by atoms with Crippen LogP contribution >= 0.6 is 31.9 Å². The highest BCUT2D eigenvalue weighted by Crippen LogP contribution is 2.31. The second-order valence-corrected chi connectivity index (χ2v) is 8.56. The average Bonchev–Trinajstić information content (AvgIpc) is 2.43. The zero-order valence-corrected chi connectivity index (χ0v) is 15.9. The molecule has 1 aromatic carbocycles. The molecule has 2 rings (SSSR count). The Morgan fingerprint density at radius 1 is 1.29 bits per heavy atom. The molecule has 0 bridgehead atoms. The molecule has 1 heterocycles. The fraction of sp³-hybridized carbons (Fsp3) is 0.429. The molecule has 0 atom stereocenters. The Kier molecular flexibility index (Phi) is 5.65. The molecule has 0 amide bonds. The molecule has 0 N–H and O–H groups in total. The Morgan fingerprint density at radius 2 is 2.00 bits per heavy atom. The number of methoxy groups -OCH3 is 1. The summed E-state index contributed by atoms with van der Waals surface area (Å²) in [5.41, 5.74) is 2.13. The minimum atomic E-state index is -3.50. The van der Waals surface area contributed by atoms with Crippen LogP contribution in [0.1, 0.15) is 12.0 Å². The summed E-state index contributed by atoms with van der Waals surface area (Å²) in [6.45, 7) is 3.36. The Morgan fingerprint density at radius 3 is 2.57 bits per heavy atom. The van der Waals surface area contributed by atoms with Gasteiger partial charge in [-0.05, 0) is 52.5 Å². The van der Waals surface area contributed by atoms with Crippen LogP contribution in [0.3, 0.4) is 0 Å². The number of hydrogen-bond acceptors (Lipinski definition) is 3. The summed E-state index contributed by atoms with van der Waals surface area (Å²) in [4.78, 5) is 0.295. The molecule has 0 aliphatic carbocycles. The molecule has 0 saturated heterocycles. The van der Waals surface area contributed by atoms with Crippen LogP contribution in [0.25, 0.3) is 0 Å². The van der Waals surface area contributed by atoms with Gasteiger partial charge in [0.1, 0.15) is 0 Å². The molecule has 0 aromatic heterocycles. The van der Waals surface area contributed by atoms with Gasteiger partial charge < -0.3 is 4.74 Å². The molecule has 4 nitrogen and oxygen atoms in total. The number of aryl methyl sites for hydroxylation is 1. The van der Waals surface area contributed by atoms with Crippen molar-refractivity contribution in [2.75, 3.05) is 26.8 Å². The largest absolute Gasteiger partial charge is 0.380 e. The van der Waals surface area contributed by atoms with Gasteiger partial charge in [-0.2, -0.15) is 4.31 Å². The maximum Gasteiger partial charge on any atom is 0.244 e. The molecule has 1 aliphatic rings. The zero-order chi connectivity index (χ0) is 15.6. The number of benzene rings is 1. The van der Waals surface area contributed by atoms with E-state index in [4.69, 9.17) is 4.74 Å². The van der Waals surface area contributed by atoms with Gasteiger partial charge in [-0.1, -0.05) is 22.0 Å². The Balaban J connectivity index is 2.30. The van der Waals surface area contributed by atoms with E-state index in [1.807, 2.05) is 19.1 Å². The average molecular weight is 439 g/mol. The van der Waals surface area contributed by atoms with E-state index in [2.05, 4.69) is 31.9 Å². The third kappa shape index (κ3) is 3.76. The van der Waals surface area contributed by atoms with Crippen LogP contribution < -0.4 is 0 Å². The Labute approximate surface area is 142 Å². The molecular weight excluding hydrogens is 422 g/mol. The number of halogens is 2. The van der Waals surface area contributed by atoms with Crippen LogP contribution in [0.5, 0.6) is 0 Å². The van der Waals surface area contributed by atoms with E-state index < -0.39 is 10.0 Å². The Hall–Kier alpha value is -0.210. The van der Waals surface area contributed by atoms with E-state index in [1.54, 1.807) is 13.2 Å². The van der Waals surface area contributed by atoms with E-state index in [0.29, 0.717) is 35.5 Å². The third-order valence-electron chi connectivity index (χ3n) is 3.43. The number of hydrogen-bond donors (Lipinski definition) is 0. The van der Waals surface area contributed by atoms with E-state index >= 15 is 0 Å². The molecule has 1 aromatic rings. The molecule has 1 aliphatic heterocycles. The molecule has 0 saturated carbocycles. The normalized spacial score (nSPS) is 16.9. The summed E-state index contributed by atoms with van der Waals surface area (Å²) in [5.74, 6) is 0. The predicted octanol–water partition coefficient (Wildman–Crippen LogP) is 3.49. The van der Waals surface area contributed by atoms with Crippen molar-refractivity contribution < 1.29 is 13.2 Å². The fourth-order valence-electron chi connectivity index (χ4n) is 2.19. The molecule has 0 unspecified atom stereocenters. The van der Waals surface area contributed by atoms with Gasteiger partial charge in [-0.15, -0.1) is 0 Å². The van der Waals surface area contributed by atoms with E-state index in [9.17, 15) is 8.42 Å². The predicted molar refractivity (Wildman–Crippen MR) is 89.9 cm³/mol. The van der Waals surface area contributed by atoms with Gasteiger partial charge in [0.15, 0.2) is 0 Å². The van der Waals surface area contributed by atoms with Crippen molar-refractivity contribution in [3.05, 3.63) is 38.3 Å². The molecule has 21 heavy (non-hydrogen) atoms. The maximum absolute atomic E-state index is 12.8. The smallest absolute Gasteiger partial charge is 0.244 e. The number of sulfonamides is 1. The topological polar surface area (TPSA) is 46.6 Å². The first-order valence-electron chi connectivity index (χ1n) is 6.49. The van der Waals surface area contributed by atoms with Gasteiger partial charge in [0.05, 0.1) is 11.5 Å². The fourth-order valence-corrected chi connectivity index (χ4v) is 5.21. The van der Waals surface area contributed by atoms with Crippen LogP contribution in [-0.4, -0.2) is 39.5 Å². The van der Waals surface area contributed by atoms with E-state index in [0.717, 1.165) is 15.6 Å². The van der Waals surface area contributed by atoms with Crippen LogP contribution in [0.2, 0.25) is 0 Å². The first kappa shape index (κ1) is 17.1. The van der Waals surface area contributed by atoms with Crippen molar-refractivity contribution in [3.63, 3.8) is 0 Å². The number of rotatable bonds is 4. The van der Waals surface area contributed by atoms with Gasteiger partial charge in [0, 0.05) is 29.1 Å². The quantitative estimate of drug-likeness (QED) is 0.676. The van der Waals surface area contributed by atoms with Crippen LogP contribution in [-0.2, 0) is 14.8 Å². The molecule has 7 heteroatoms. The second kappa shape index (κ2) is 6.91. The van der Waals surface area contributed by atoms with Gasteiger partial charge in [-0.25, -0.2) is 8.42 Å². The zero-order valence-electron chi connectivity index (χ0n) is 11.9. The highest BCUT2D eigenvalue weighted by molar-refractivity contribution is 9.11. The van der Waals surface area contributed by atoms with Gasteiger partial charge in [0.2, 0.25) is 10.0 Å². The van der Waals surface area contributed by atoms with Gasteiger partial charge >= 0.3 is 0 Å². The number of nitrogens with zero attached hydrogens (tertiary/aromatic N) is 1. The standard InChI is InChI=1S/C14H17Br2NO3S/c1-10-7-13(16)14(8-12(10)15)21(18,19)17-5-3-11(4-6-17)9-20-2/h3,7-8H,4-6,9H2,1-2H3. The maximum atomic E-state index is 12.8. The lowest BCUT2D eigenvalue weighted by Crippen LogP contribution is -2.35. The lowest BCUT2D eigenvalue weighted by Gasteiger charge is -2.26. The van der Waals surface area contributed by atoms with Crippen molar-refractivity contribution in [1.82, 2.24) is 4.31 Å². The highest BCUT2D eigenvalue weighted by Gasteiger charge is 2.28. The first-order chi connectivity index (χ1) is 9.86. The van der Waals surface area contributed by atoms with Gasteiger partial charge in [-0.3, -0.25) is 0 Å². The second-order valence-electron chi connectivity index (χ2n) is 4.94. The Bertz CT molecular complexity index is 671. The lowest BCUT2D eigenvalue weighted by atomic mass is 10.1. The summed E-state index contributed by atoms with van der Waals surface area (Å²) >= 11 is 6.75. The summed E-state index contributed by atoms with van der Waals surface area (Å²) in [5, 5.41) is 0.